The van der Waals surface area contributed by atoms with Crippen LogP contribution >= 0.6 is 23.5 Å². The van der Waals surface area contributed by atoms with Gasteiger partial charge in [0.15, 0.2) is 0 Å². The molecule has 4 aliphatic rings. The highest BCUT2D eigenvalue weighted by Crippen LogP contribution is 2.79. The molecule has 4 atom stereocenters. The Bertz CT molecular complexity index is 297. The second kappa shape index (κ2) is 4.62. The third-order valence-corrected chi connectivity index (χ3v) is 9.89. The van der Waals surface area contributed by atoms with Crippen molar-refractivity contribution in [1.82, 2.24) is 0 Å². The van der Waals surface area contributed by atoms with Crippen LogP contribution in [0, 0.1) is 0 Å². The summed E-state index contributed by atoms with van der Waals surface area (Å²) in [4.78, 5) is 0. The van der Waals surface area contributed by atoms with Crippen molar-refractivity contribution in [3.63, 3.8) is 0 Å². The van der Waals surface area contributed by atoms with Gasteiger partial charge in [-0.1, -0.05) is 51.4 Å². The Labute approximate surface area is 120 Å². The molecule has 2 heterocycles. The molecule has 2 aliphatic heterocycles. The third-order valence-electron chi connectivity index (χ3n) is 5.88. The minimum Gasteiger partial charge on any atom is -0.148 e. The highest BCUT2D eigenvalue weighted by Gasteiger charge is 2.75. The van der Waals surface area contributed by atoms with E-state index in [1.807, 2.05) is 0 Å². The number of thioether (sulfide) groups is 2. The molecule has 4 unspecified atom stereocenters. The van der Waals surface area contributed by atoms with Gasteiger partial charge in [0, 0.05) is 20.0 Å². The summed E-state index contributed by atoms with van der Waals surface area (Å²) in [6, 6.07) is 0. The van der Waals surface area contributed by atoms with Gasteiger partial charge in [-0.25, -0.2) is 0 Å². The van der Waals surface area contributed by atoms with Crippen molar-refractivity contribution in [2.75, 3.05) is 0 Å². The zero-order valence-electron chi connectivity index (χ0n) is 11.5. The fourth-order valence-electron chi connectivity index (χ4n) is 4.77. The highest BCUT2D eigenvalue weighted by molar-refractivity contribution is 8.14. The summed E-state index contributed by atoms with van der Waals surface area (Å²) in [6.07, 6.45) is 18.3. The summed E-state index contributed by atoms with van der Waals surface area (Å²) >= 11 is 4.83. The number of hydrogen-bond donors (Lipinski definition) is 0. The van der Waals surface area contributed by atoms with Crippen LogP contribution in [-0.2, 0) is 0 Å². The molecule has 0 nitrogen and oxygen atoms in total. The first-order valence-electron chi connectivity index (χ1n) is 8.23. The molecule has 0 radical (unpaired) electrons. The first kappa shape index (κ1) is 12.4. The molecule has 2 aliphatic carbocycles. The number of hydrogen-bond acceptors (Lipinski definition) is 2. The largest absolute Gasteiger partial charge is 0.148 e. The van der Waals surface area contributed by atoms with Gasteiger partial charge < -0.3 is 0 Å². The number of fused-ring (bicyclic) bond motifs is 3. The molecular weight excluding hydrogens is 256 g/mol. The lowest BCUT2D eigenvalue weighted by Gasteiger charge is -2.29. The second-order valence-electron chi connectivity index (χ2n) is 6.90. The van der Waals surface area contributed by atoms with Crippen molar-refractivity contribution in [3.8, 4) is 0 Å². The van der Waals surface area contributed by atoms with E-state index in [1.165, 1.54) is 51.4 Å². The van der Waals surface area contributed by atoms with Crippen LogP contribution in [0.2, 0.25) is 0 Å². The van der Waals surface area contributed by atoms with Crippen molar-refractivity contribution in [2.24, 2.45) is 0 Å². The fourth-order valence-corrected chi connectivity index (χ4v) is 8.96. The van der Waals surface area contributed by atoms with Gasteiger partial charge in [0.05, 0.1) is 0 Å². The molecule has 0 aromatic rings. The monoisotopic (exact) mass is 282 g/mol. The predicted octanol–water partition coefficient (Wildman–Crippen LogP) is 5.40. The molecule has 0 aromatic heterocycles. The minimum atomic E-state index is 0.764. The van der Waals surface area contributed by atoms with Gasteiger partial charge in [0.25, 0.3) is 0 Å². The Morgan fingerprint density at radius 2 is 1.00 bits per heavy atom. The Hall–Kier alpha value is 0.700. The summed E-state index contributed by atoms with van der Waals surface area (Å²) in [5.74, 6) is 0. The molecule has 102 valence electrons. The first-order chi connectivity index (χ1) is 8.87. The van der Waals surface area contributed by atoms with Crippen LogP contribution in [0.25, 0.3) is 0 Å². The van der Waals surface area contributed by atoms with E-state index in [0.717, 1.165) is 20.0 Å². The van der Waals surface area contributed by atoms with E-state index in [2.05, 4.69) is 23.5 Å². The van der Waals surface area contributed by atoms with Crippen molar-refractivity contribution in [3.05, 3.63) is 0 Å². The Morgan fingerprint density at radius 3 is 1.50 bits per heavy atom. The summed E-state index contributed by atoms with van der Waals surface area (Å²) in [6.45, 7) is 0. The normalized spacial score (nSPS) is 52.0. The van der Waals surface area contributed by atoms with E-state index < -0.39 is 0 Å². The molecule has 0 aromatic carbocycles. The van der Waals surface area contributed by atoms with E-state index in [-0.39, 0.29) is 0 Å². The lowest BCUT2D eigenvalue weighted by atomic mass is 9.76. The van der Waals surface area contributed by atoms with Crippen molar-refractivity contribution < 1.29 is 0 Å². The lowest BCUT2D eigenvalue weighted by Crippen LogP contribution is -2.37. The predicted molar refractivity (Wildman–Crippen MR) is 83.6 cm³/mol. The smallest absolute Gasteiger partial charge is 0.0439 e. The molecule has 2 saturated heterocycles. The maximum Gasteiger partial charge on any atom is 0.0439 e. The van der Waals surface area contributed by atoms with Gasteiger partial charge in [0.1, 0.15) is 0 Å². The molecular formula is C16H26S2. The standard InChI is InChI=1S/C16H26S2/c1-3-7-11-15(13(17-15)9-5-1)16-12-8-4-2-6-10-14(16)18-16/h13-14H,1-12H2. The Balaban J connectivity index is 1.54. The SMILES string of the molecule is C1CCCC2(C34CCCCCCC3S4)SC2CC1. The Morgan fingerprint density at radius 1 is 0.556 bits per heavy atom. The van der Waals surface area contributed by atoms with Crippen LogP contribution in [0.1, 0.15) is 77.0 Å². The summed E-state index contributed by atoms with van der Waals surface area (Å²) in [7, 11) is 0. The van der Waals surface area contributed by atoms with E-state index in [0.29, 0.717) is 0 Å². The van der Waals surface area contributed by atoms with Gasteiger partial charge >= 0.3 is 0 Å². The van der Waals surface area contributed by atoms with Gasteiger partial charge in [0.2, 0.25) is 0 Å². The molecule has 0 spiro atoms. The van der Waals surface area contributed by atoms with Crippen LogP contribution in [0.15, 0.2) is 0 Å². The third kappa shape index (κ3) is 1.81. The summed E-state index contributed by atoms with van der Waals surface area (Å²) in [5, 5.41) is 2.13. The van der Waals surface area contributed by atoms with E-state index in [9.17, 15) is 0 Å². The fraction of sp³-hybridized carbons (Fsp3) is 1.00. The topological polar surface area (TPSA) is 0 Å². The van der Waals surface area contributed by atoms with E-state index in [1.54, 1.807) is 25.7 Å². The average Bonchev–Trinajstić information content (AvgIpc) is 3.18. The van der Waals surface area contributed by atoms with Crippen LogP contribution < -0.4 is 0 Å². The zero-order valence-corrected chi connectivity index (χ0v) is 13.1. The highest BCUT2D eigenvalue weighted by atomic mass is 32.2. The number of rotatable bonds is 1. The minimum absolute atomic E-state index is 0.764. The van der Waals surface area contributed by atoms with Gasteiger partial charge in [-0.3, -0.25) is 0 Å². The van der Waals surface area contributed by atoms with Crippen LogP contribution in [0.3, 0.4) is 0 Å². The van der Waals surface area contributed by atoms with Crippen molar-refractivity contribution >= 4 is 23.5 Å². The molecule has 0 amide bonds. The average molecular weight is 283 g/mol. The van der Waals surface area contributed by atoms with E-state index >= 15 is 0 Å². The quantitative estimate of drug-likeness (QED) is 0.590. The molecule has 2 heteroatoms. The van der Waals surface area contributed by atoms with Crippen molar-refractivity contribution in [1.29, 1.82) is 0 Å². The van der Waals surface area contributed by atoms with Gasteiger partial charge in [-0.15, -0.1) is 23.5 Å². The van der Waals surface area contributed by atoms with E-state index in [4.69, 9.17) is 0 Å². The van der Waals surface area contributed by atoms with Crippen LogP contribution in [-0.4, -0.2) is 20.0 Å². The zero-order chi connectivity index (χ0) is 12.1. The maximum absolute atomic E-state index is 2.42. The van der Waals surface area contributed by atoms with Crippen LogP contribution in [0.5, 0.6) is 0 Å². The van der Waals surface area contributed by atoms with Crippen molar-refractivity contribution in [2.45, 2.75) is 97.0 Å². The molecule has 4 rings (SSSR count). The summed E-state index contributed by atoms with van der Waals surface area (Å²) in [5.41, 5.74) is 0. The Kier molecular flexibility index (Phi) is 3.19. The van der Waals surface area contributed by atoms with Gasteiger partial charge in [-0.05, 0) is 25.7 Å². The summed E-state index contributed by atoms with van der Waals surface area (Å²) < 4.78 is 1.53. The molecule has 4 fully saturated rings. The first-order valence-corrected chi connectivity index (χ1v) is 9.99. The lowest BCUT2D eigenvalue weighted by molar-refractivity contribution is 0.364. The second-order valence-corrected chi connectivity index (χ2v) is 9.96. The molecule has 0 bridgehead atoms. The maximum atomic E-state index is 2.42. The molecule has 2 saturated carbocycles. The molecule has 0 N–H and O–H groups in total. The van der Waals surface area contributed by atoms with Gasteiger partial charge in [-0.2, -0.15) is 0 Å². The molecule has 18 heavy (non-hydrogen) atoms. The van der Waals surface area contributed by atoms with Crippen LogP contribution in [0.4, 0.5) is 0 Å².